The summed E-state index contributed by atoms with van der Waals surface area (Å²) in [6, 6.07) is 21.1. The molecule has 2 nitrogen and oxygen atoms in total. The summed E-state index contributed by atoms with van der Waals surface area (Å²) in [5.41, 5.74) is 7.51. The van der Waals surface area contributed by atoms with Crippen LogP contribution >= 0.6 is 0 Å². The molecule has 0 saturated heterocycles. The molecule has 0 radical (unpaired) electrons. The van der Waals surface area contributed by atoms with E-state index in [1.165, 1.54) is 5.56 Å². The number of aromatic hydroxyl groups is 1. The molecule has 0 saturated carbocycles. The molecule has 3 aromatic carbocycles. The monoisotopic (exact) mass is 251 g/mol. The standard InChI is InChI=1S/C10H8O.C7H9N/c11-10-7-3-5-8-4-1-2-6-9(8)10;1-6-3-2-4-7(8)5-6/h1-7,11H;2-5H,8H2,1H3. The number of fused-ring (bicyclic) bond motifs is 1. The van der Waals surface area contributed by atoms with E-state index >= 15 is 0 Å². The van der Waals surface area contributed by atoms with Crippen molar-refractivity contribution in [1.82, 2.24) is 0 Å². The van der Waals surface area contributed by atoms with Crippen molar-refractivity contribution in [3.8, 4) is 5.75 Å². The Hall–Kier alpha value is -2.48. The molecule has 96 valence electrons. The van der Waals surface area contributed by atoms with E-state index in [2.05, 4.69) is 0 Å². The van der Waals surface area contributed by atoms with Crippen molar-refractivity contribution in [2.24, 2.45) is 0 Å². The lowest BCUT2D eigenvalue weighted by atomic mass is 10.1. The normalized spacial score (nSPS) is 9.74. The largest absolute Gasteiger partial charge is 0.507 e. The third-order valence-electron chi connectivity index (χ3n) is 2.81. The number of nitrogen functional groups attached to an aromatic ring is 1. The Morgan fingerprint density at radius 3 is 2.16 bits per heavy atom. The molecule has 0 aliphatic rings. The lowest BCUT2D eigenvalue weighted by Crippen LogP contribution is -1.82. The molecule has 2 heteroatoms. The Kier molecular flexibility index (Phi) is 4.04. The second kappa shape index (κ2) is 5.91. The third kappa shape index (κ3) is 3.49. The number of rotatable bonds is 0. The lowest BCUT2D eigenvalue weighted by molar-refractivity contribution is 0.481. The molecule has 0 heterocycles. The number of hydrogen-bond donors (Lipinski definition) is 2. The SMILES string of the molecule is Cc1cccc(N)c1.Oc1cccc2ccccc12. The second-order valence-corrected chi connectivity index (χ2v) is 4.41. The van der Waals surface area contributed by atoms with Crippen LogP contribution in [0.3, 0.4) is 0 Å². The molecule has 19 heavy (non-hydrogen) atoms. The van der Waals surface area contributed by atoms with Gasteiger partial charge in [0.05, 0.1) is 0 Å². The highest BCUT2D eigenvalue weighted by atomic mass is 16.3. The lowest BCUT2D eigenvalue weighted by Gasteiger charge is -1.97. The highest BCUT2D eigenvalue weighted by molar-refractivity contribution is 5.87. The second-order valence-electron chi connectivity index (χ2n) is 4.41. The molecule has 0 aliphatic heterocycles. The first-order chi connectivity index (χ1) is 9.16. The summed E-state index contributed by atoms with van der Waals surface area (Å²) in [4.78, 5) is 0. The Morgan fingerprint density at radius 1 is 0.842 bits per heavy atom. The summed E-state index contributed by atoms with van der Waals surface area (Å²) in [5, 5.41) is 11.4. The maximum atomic E-state index is 9.37. The van der Waals surface area contributed by atoms with Crippen LogP contribution in [0, 0.1) is 6.92 Å². The molecular formula is C17H17NO. The van der Waals surface area contributed by atoms with Gasteiger partial charge in [0.2, 0.25) is 0 Å². The molecular weight excluding hydrogens is 234 g/mol. The van der Waals surface area contributed by atoms with Crippen molar-refractivity contribution in [3.05, 3.63) is 72.3 Å². The van der Waals surface area contributed by atoms with Crippen LogP contribution in [-0.4, -0.2) is 5.11 Å². The highest BCUT2D eigenvalue weighted by Crippen LogP contribution is 2.22. The molecule has 0 aliphatic carbocycles. The summed E-state index contributed by atoms with van der Waals surface area (Å²) in [5.74, 6) is 0.350. The first kappa shape index (κ1) is 13.0. The van der Waals surface area contributed by atoms with Gasteiger partial charge in [0.1, 0.15) is 5.75 Å². The molecule has 0 bridgehead atoms. The van der Waals surface area contributed by atoms with Gasteiger partial charge in [-0.3, -0.25) is 0 Å². The van der Waals surface area contributed by atoms with Gasteiger partial charge in [-0.1, -0.05) is 48.5 Å². The Labute approximate surface area is 113 Å². The van der Waals surface area contributed by atoms with E-state index in [0.29, 0.717) is 5.75 Å². The average Bonchev–Trinajstić information content (AvgIpc) is 2.40. The van der Waals surface area contributed by atoms with Crippen LogP contribution in [0.2, 0.25) is 0 Å². The number of hydrogen-bond acceptors (Lipinski definition) is 2. The fourth-order valence-corrected chi connectivity index (χ4v) is 1.88. The van der Waals surface area contributed by atoms with Gasteiger partial charge in [0.15, 0.2) is 0 Å². The maximum Gasteiger partial charge on any atom is 0.123 e. The van der Waals surface area contributed by atoms with Crippen LogP contribution < -0.4 is 5.73 Å². The highest BCUT2D eigenvalue weighted by Gasteiger charge is 1.94. The van der Waals surface area contributed by atoms with Gasteiger partial charge in [-0.15, -0.1) is 0 Å². The number of anilines is 1. The summed E-state index contributed by atoms with van der Waals surface area (Å²) < 4.78 is 0. The molecule has 0 amide bonds. The maximum absolute atomic E-state index is 9.37. The minimum absolute atomic E-state index is 0.350. The van der Waals surface area contributed by atoms with Crippen molar-refractivity contribution >= 4 is 16.5 Å². The zero-order chi connectivity index (χ0) is 13.7. The van der Waals surface area contributed by atoms with Crippen LogP contribution in [0.15, 0.2) is 66.7 Å². The molecule has 0 fully saturated rings. The van der Waals surface area contributed by atoms with Crippen LogP contribution in [0.5, 0.6) is 5.75 Å². The predicted molar refractivity (Wildman–Crippen MR) is 81.2 cm³/mol. The molecule has 0 aromatic heterocycles. The van der Waals surface area contributed by atoms with E-state index in [9.17, 15) is 5.11 Å². The van der Waals surface area contributed by atoms with Gasteiger partial charge in [-0.2, -0.15) is 0 Å². The van der Waals surface area contributed by atoms with E-state index in [1.807, 2.05) is 67.6 Å². The molecule has 3 aromatic rings. The van der Waals surface area contributed by atoms with Crippen LogP contribution in [0.25, 0.3) is 10.8 Å². The zero-order valence-corrected chi connectivity index (χ0v) is 10.9. The quantitative estimate of drug-likeness (QED) is 0.590. The van der Waals surface area contributed by atoms with Gasteiger partial charge >= 0.3 is 0 Å². The Bertz CT molecular complexity index is 654. The van der Waals surface area contributed by atoms with Crippen LogP contribution in [-0.2, 0) is 0 Å². The van der Waals surface area contributed by atoms with E-state index in [-0.39, 0.29) is 0 Å². The molecule has 0 unspecified atom stereocenters. The molecule has 3 rings (SSSR count). The molecule has 0 spiro atoms. The van der Waals surface area contributed by atoms with Crippen molar-refractivity contribution in [2.75, 3.05) is 5.73 Å². The van der Waals surface area contributed by atoms with Gasteiger partial charge in [0.25, 0.3) is 0 Å². The van der Waals surface area contributed by atoms with E-state index in [1.54, 1.807) is 6.07 Å². The van der Waals surface area contributed by atoms with E-state index in [0.717, 1.165) is 16.5 Å². The van der Waals surface area contributed by atoms with Gasteiger partial charge < -0.3 is 10.8 Å². The number of phenols is 1. The molecule has 3 N–H and O–H groups in total. The fraction of sp³-hybridized carbons (Fsp3) is 0.0588. The zero-order valence-electron chi connectivity index (χ0n) is 10.9. The summed E-state index contributed by atoms with van der Waals surface area (Å²) in [6.45, 7) is 2.02. The van der Waals surface area contributed by atoms with Crippen molar-refractivity contribution in [2.45, 2.75) is 6.92 Å². The minimum atomic E-state index is 0.350. The number of benzene rings is 3. The Morgan fingerprint density at radius 2 is 1.53 bits per heavy atom. The first-order valence-corrected chi connectivity index (χ1v) is 6.16. The number of phenolic OH excluding ortho intramolecular Hbond substituents is 1. The van der Waals surface area contributed by atoms with Crippen molar-refractivity contribution < 1.29 is 5.11 Å². The third-order valence-corrected chi connectivity index (χ3v) is 2.81. The van der Waals surface area contributed by atoms with Crippen molar-refractivity contribution in [3.63, 3.8) is 0 Å². The van der Waals surface area contributed by atoms with E-state index in [4.69, 9.17) is 5.73 Å². The van der Waals surface area contributed by atoms with Crippen LogP contribution in [0.1, 0.15) is 5.56 Å². The van der Waals surface area contributed by atoms with E-state index < -0.39 is 0 Å². The van der Waals surface area contributed by atoms with Gasteiger partial charge in [0, 0.05) is 11.1 Å². The first-order valence-electron chi connectivity index (χ1n) is 6.16. The van der Waals surface area contributed by atoms with Gasteiger partial charge in [-0.25, -0.2) is 0 Å². The minimum Gasteiger partial charge on any atom is -0.507 e. The number of aryl methyl sites for hydroxylation is 1. The van der Waals surface area contributed by atoms with Crippen molar-refractivity contribution in [1.29, 1.82) is 0 Å². The smallest absolute Gasteiger partial charge is 0.123 e. The topological polar surface area (TPSA) is 46.2 Å². The average molecular weight is 251 g/mol. The van der Waals surface area contributed by atoms with Crippen LogP contribution in [0.4, 0.5) is 5.69 Å². The van der Waals surface area contributed by atoms with Gasteiger partial charge in [-0.05, 0) is 36.1 Å². The summed E-state index contributed by atoms with van der Waals surface area (Å²) in [6.07, 6.45) is 0. The fourth-order valence-electron chi connectivity index (χ4n) is 1.88. The predicted octanol–water partition coefficient (Wildman–Crippen LogP) is 4.12. The molecule has 0 atom stereocenters. The Balaban J connectivity index is 0.000000148. The summed E-state index contributed by atoms with van der Waals surface area (Å²) in [7, 11) is 0. The summed E-state index contributed by atoms with van der Waals surface area (Å²) >= 11 is 0. The number of nitrogens with two attached hydrogens (primary N) is 1.